The van der Waals surface area contributed by atoms with Crippen LogP contribution in [0.15, 0.2) is 18.2 Å². The third-order valence-electron chi connectivity index (χ3n) is 5.24. The lowest BCUT2D eigenvalue weighted by atomic mass is 10.1. The highest BCUT2D eigenvalue weighted by Crippen LogP contribution is 2.27. The molecule has 1 aromatic rings. The van der Waals surface area contributed by atoms with E-state index in [1.165, 1.54) is 50.4 Å². The Kier molecular flexibility index (Phi) is 6.96. The normalized spacial score (nSPS) is 20.0. The summed E-state index contributed by atoms with van der Waals surface area (Å²) in [5.41, 5.74) is 2.60. The van der Waals surface area contributed by atoms with E-state index in [-0.39, 0.29) is 0 Å². The zero-order valence-electron chi connectivity index (χ0n) is 15.9. The molecule has 5 nitrogen and oxygen atoms in total. The van der Waals surface area contributed by atoms with Gasteiger partial charge in [0.15, 0.2) is 0 Å². The van der Waals surface area contributed by atoms with Crippen LogP contribution >= 0.6 is 0 Å². The van der Waals surface area contributed by atoms with Crippen molar-refractivity contribution in [3.63, 3.8) is 0 Å². The molecule has 140 valence electrons. The van der Waals surface area contributed by atoms with Gasteiger partial charge in [-0.05, 0) is 45.0 Å². The molecule has 2 heterocycles. The van der Waals surface area contributed by atoms with Crippen molar-refractivity contribution >= 4 is 5.69 Å². The first-order valence-electron chi connectivity index (χ1n) is 9.75. The highest BCUT2D eigenvalue weighted by atomic mass is 16.5. The lowest BCUT2D eigenvalue weighted by Gasteiger charge is -2.32. The Balaban J connectivity index is 1.56. The van der Waals surface area contributed by atoms with Gasteiger partial charge in [0.25, 0.3) is 0 Å². The van der Waals surface area contributed by atoms with Crippen molar-refractivity contribution in [2.45, 2.75) is 19.8 Å². The number of morpholine rings is 1. The van der Waals surface area contributed by atoms with E-state index in [1.54, 1.807) is 0 Å². The van der Waals surface area contributed by atoms with Crippen LogP contribution < -0.4 is 9.64 Å². The Labute approximate surface area is 152 Å². The number of hydrogen-bond acceptors (Lipinski definition) is 5. The maximum Gasteiger partial charge on any atom is 0.124 e. The van der Waals surface area contributed by atoms with E-state index in [4.69, 9.17) is 9.47 Å². The molecule has 0 saturated carbocycles. The van der Waals surface area contributed by atoms with Gasteiger partial charge in [-0.1, -0.05) is 6.07 Å². The highest BCUT2D eigenvalue weighted by molar-refractivity contribution is 5.54. The van der Waals surface area contributed by atoms with Gasteiger partial charge in [-0.15, -0.1) is 0 Å². The second-order valence-corrected chi connectivity index (χ2v) is 7.07. The summed E-state index contributed by atoms with van der Waals surface area (Å²) < 4.78 is 11.4. The molecular formula is C20H33N3O2. The molecule has 2 saturated heterocycles. The summed E-state index contributed by atoms with van der Waals surface area (Å²) in [7, 11) is 2.21. The van der Waals surface area contributed by atoms with Gasteiger partial charge < -0.3 is 24.2 Å². The monoisotopic (exact) mass is 347 g/mol. The van der Waals surface area contributed by atoms with Crippen LogP contribution in [-0.2, 0) is 11.2 Å². The second-order valence-electron chi connectivity index (χ2n) is 7.07. The van der Waals surface area contributed by atoms with Crippen molar-refractivity contribution in [3.05, 3.63) is 23.8 Å². The summed E-state index contributed by atoms with van der Waals surface area (Å²) in [5.74, 6) is 1.06. The minimum absolute atomic E-state index is 0.720. The van der Waals surface area contributed by atoms with Crippen LogP contribution in [-0.4, -0.2) is 82.5 Å². The van der Waals surface area contributed by atoms with Crippen LogP contribution in [0, 0.1) is 0 Å². The third kappa shape index (κ3) is 5.33. The number of anilines is 1. The predicted molar refractivity (Wildman–Crippen MR) is 103 cm³/mol. The summed E-state index contributed by atoms with van der Waals surface area (Å²) in [6, 6.07) is 6.73. The van der Waals surface area contributed by atoms with Crippen LogP contribution in [0.1, 0.15) is 18.9 Å². The molecule has 0 radical (unpaired) electrons. The summed E-state index contributed by atoms with van der Waals surface area (Å²) in [6.07, 6.45) is 2.28. The maximum absolute atomic E-state index is 5.95. The number of nitrogens with zero attached hydrogens (tertiary/aromatic N) is 3. The molecule has 1 aromatic carbocycles. The van der Waals surface area contributed by atoms with E-state index in [2.05, 4.69) is 46.9 Å². The Hall–Kier alpha value is -1.30. The van der Waals surface area contributed by atoms with Gasteiger partial charge in [0.2, 0.25) is 0 Å². The van der Waals surface area contributed by atoms with Crippen LogP contribution in [0.2, 0.25) is 0 Å². The molecule has 0 aliphatic carbocycles. The first-order chi connectivity index (χ1) is 12.3. The topological polar surface area (TPSA) is 28.2 Å². The van der Waals surface area contributed by atoms with E-state index in [9.17, 15) is 0 Å². The molecule has 2 aliphatic heterocycles. The van der Waals surface area contributed by atoms with E-state index >= 15 is 0 Å². The molecule has 0 atom stereocenters. The van der Waals surface area contributed by atoms with Gasteiger partial charge in [0, 0.05) is 51.0 Å². The Bertz CT molecular complexity index is 524. The molecule has 0 spiro atoms. The van der Waals surface area contributed by atoms with Crippen LogP contribution in [0.3, 0.4) is 0 Å². The Morgan fingerprint density at radius 3 is 2.52 bits per heavy atom. The molecule has 0 aromatic heterocycles. The quantitative estimate of drug-likeness (QED) is 0.753. The van der Waals surface area contributed by atoms with Gasteiger partial charge in [-0.25, -0.2) is 0 Å². The molecule has 25 heavy (non-hydrogen) atoms. The van der Waals surface area contributed by atoms with Gasteiger partial charge in [-0.2, -0.15) is 0 Å². The predicted octanol–water partition coefficient (Wildman–Crippen LogP) is 2.10. The molecule has 0 bridgehead atoms. The lowest BCUT2D eigenvalue weighted by molar-refractivity contribution is 0.122. The summed E-state index contributed by atoms with van der Waals surface area (Å²) in [6.45, 7) is 12.3. The fourth-order valence-electron chi connectivity index (χ4n) is 3.62. The molecule has 5 heteroatoms. The third-order valence-corrected chi connectivity index (χ3v) is 5.24. The molecule has 2 fully saturated rings. The first kappa shape index (κ1) is 18.5. The number of ether oxygens (including phenoxy) is 2. The number of hydrogen-bond donors (Lipinski definition) is 0. The van der Waals surface area contributed by atoms with Gasteiger partial charge in [0.1, 0.15) is 5.75 Å². The standard InChI is InChI=1S/C20H33N3O2/c1-3-25-20-17-19(23-13-15-24-16-14-23)7-6-18(20)5-4-8-22-11-9-21(2)10-12-22/h6-7,17H,3-5,8-16H2,1-2H3. The largest absolute Gasteiger partial charge is 0.494 e. The van der Waals surface area contributed by atoms with Crippen molar-refractivity contribution < 1.29 is 9.47 Å². The van der Waals surface area contributed by atoms with Crippen molar-refractivity contribution in [1.82, 2.24) is 9.80 Å². The van der Waals surface area contributed by atoms with E-state index in [1.807, 2.05) is 0 Å². The van der Waals surface area contributed by atoms with Crippen molar-refractivity contribution in [2.75, 3.05) is 77.6 Å². The molecule has 3 rings (SSSR count). The second kappa shape index (κ2) is 9.41. The van der Waals surface area contributed by atoms with Crippen molar-refractivity contribution in [1.29, 1.82) is 0 Å². The van der Waals surface area contributed by atoms with E-state index < -0.39 is 0 Å². The number of rotatable bonds is 7. The molecular weight excluding hydrogens is 314 g/mol. The minimum atomic E-state index is 0.720. The Morgan fingerprint density at radius 1 is 1.04 bits per heavy atom. The first-order valence-corrected chi connectivity index (χ1v) is 9.75. The SMILES string of the molecule is CCOc1cc(N2CCOCC2)ccc1CCCN1CCN(C)CC1. The van der Waals surface area contributed by atoms with Crippen LogP contribution in [0.25, 0.3) is 0 Å². The lowest BCUT2D eigenvalue weighted by Crippen LogP contribution is -2.44. The molecule has 2 aliphatic rings. The van der Waals surface area contributed by atoms with Crippen molar-refractivity contribution in [2.24, 2.45) is 0 Å². The van der Waals surface area contributed by atoms with Crippen molar-refractivity contribution in [3.8, 4) is 5.75 Å². The Morgan fingerprint density at radius 2 is 1.80 bits per heavy atom. The average molecular weight is 348 g/mol. The molecule has 0 unspecified atom stereocenters. The fourth-order valence-corrected chi connectivity index (χ4v) is 3.62. The summed E-state index contributed by atoms with van der Waals surface area (Å²) >= 11 is 0. The summed E-state index contributed by atoms with van der Waals surface area (Å²) in [4.78, 5) is 7.39. The number of likely N-dealkylation sites (N-methyl/N-ethyl adjacent to an activating group) is 1. The maximum atomic E-state index is 5.95. The zero-order valence-corrected chi connectivity index (χ0v) is 15.9. The van der Waals surface area contributed by atoms with Crippen LogP contribution in [0.5, 0.6) is 5.75 Å². The highest BCUT2D eigenvalue weighted by Gasteiger charge is 2.15. The summed E-state index contributed by atoms with van der Waals surface area (Å²) in [5, 5.41) is 0. The van der Waals surface area contributed by atoms with E-state index in [0.717, 1.165) is 45.1 Å². The molecule has 0 amide bonds. The fraction of sp³-hybridized carbons (Fsp3) is 0.700. The van der Waals surface area contributed by atoms with Crippen LogP contribution in [0.4, 0.5) is 5.69 Å². The number of aryl methyl sites for hydroxylation is 1. The van der Waals surface area contributed by atoms with Gasteiger partial charge >= 0.3 is 0 Å². The van der Waals surface area contributed by atoms with Gasteiger partial charge in [0.05, 0.1) is 19.8 Å². The average Bonchev–Trinajstić information content (AvgIpc) is 2.65. The molecule has 0 N–H and O–H groups in total. The smallest absolute Gasteiger partial charge is 0.124 e. The van der Waals surface area contributed by atoms with E-state index in [0.29, 0.717) is 0 Å². The zero-order chi connectivity index (χ0) is 17.5. The van der Waals surface area contributed by atoms with Gasteiger partial charge in [-0.3, -0.25) is 0 Å². The number of benzene rings is 1. The minimum Gasteiger partial charge on any atom is -0.494 e. The number of piperazine rings is 1.